The molecule has 0 spiro atoms. The smallest absolute Gasteiger partial charge is 0.223 e. The van der Waals surface area contributed by atoms with Crippen LogP contribution in [0.4, 0.5) is 0 Å². The minimum Gasteiger partial charge on any atom is -0.393 e. The van der Waals surface area contributed by atoms with Gasteiger partial charge in [0, 0.05) is 17.5 Å². The second-order valence-corrected chi connectivity index (χ2v) is 5.03. The zero-order valence-electron chi connectivity index (χ0n) is 10.8. The molecule has 0 aromatic heterocycles. The van der Waals surface area contributed by atoms with Gasteiger partial charge in [0.25, 0.3) is 0 Å². The predicted molar refractivity (Wildman–Crippen MR) is 73.6 cm³/mol. The topological polar surface area (TPSA) is 49.3 Å². The average Bonchev–Trinajstić information content (AvgIpc) is 2.31. The van der Waals surface area contributed by atoms with E-state index in [4.69, 9.17) is 16.7 Å². The third-order valence-corrected chi connectivity index (χ3v) is 3.16. The van der Waals surface area contributed by atoms with E-state index >= 15 is 0 Å². The number of hydrogen-bond donors (Lipinski definition) is 2. The molecule has 2 atom stereocenters. The Morgan fingerprint density at radius 1 is 1.39 bits per heavy atom. The molecule has 0 saturated carbocycles. The van der Waals surface area contributed by atoms with Crippen LogP contribution < -0.4 is 5.32 Å². The lowest BCUT2D eigenvalue weighted by Gasteiger charge is -2.13. The molecule has 0 radical (unpaired) electrons. The molecule has 0 heterocycles. The summed E-state index contributed by atoms with van der Waals surface area (Å²) in [5, 5.41) is 12.6. The fraction of sp³-hybridized carbons (Fsp3) is 0.500. The summed E-state index contributed by atoms with van der Waals surface area (Å²) in [6.45, 7) is 4.09. The van der Waals surface area contributed by atoms with Crippen LogP contribution in [-0.4, -0.2) is 23.7 Å². The first kappa shape index (κ1) is 15.0. The van der Waals surface area contributed by atoms with Gasteiger partial charge in [-0.05, 0) is 31.4 Å². The predicted octanol–water partition coefficient (Wildman–Crippen LogP) is 2.41. The third kappa shape index (κ3) is 5.07. The van der Waals surface area contributed by atoms with Crippen LogP contribution in [0.1, 0.15) is 25.8 Å². The Morgan fingerprint density at radius 2 is 2.06 bits per heavy atom. The summed E-state index contributed by atoms with van der Waals surface area (Å²) in [6, 6.07) is 7.55. The zero-order valence-corrected chi connectivity index (χ0v) is 11.6. The Kier molecular flexibility index (Phi) is 6.16. The molecule has 0 saturated heterocycles. The van der Waals surface area contributed by atoms with E-state index in [1.807, 2.05) is 31.2 Å². The SMILES string of the molecule is CC(O)CCNC(=O)C(C)Cc1ccccc1Cl. The van der Waals surface area contributed by atoms with Gasteiger partial charge in [-0.25, -0.2) is 0 Å². The van der Waals surface area contributed by atoms with Crippen molar-refractivity contribution in [1.82, 2.24) is 5.32 Å². The van der Waals surface area contributed by atoms with Crippen LogP contribution in [0.15, 0.2) is 24.3 Å². The molecule has 0 aliphatic rings. The average molecular weight is 270 g/mol. The Morgan fingerprint density at radius 3 is 2.67 bits per heavy atom. The molecule has 2 N–H and O–H groups in total. The Labute approximate surface area is 113 Å². The molecular weight excluding hydrogens is 250 g/mol. The summed E-state index contributed by atoms with van der Waals surface area (Å²) in [7, 11) is 0. The van der Waals surface area contributed by atoms with Gasteiger partial charge in [0.2, 0.25) is 5.91 Å². The minimum atomic E-state index is -0.385. The Hall–Kier alpha value is -1.06. The van der Waals surface area contributed by atoms with Crippen molar-refractivity contribution in [2.75, 3.05) is 6.54 Å². The van der Waals surface area contributed by atoms with Crippen molar-refractivity contribution in [1.29, 1.82) is 0 Å². The lowest BCUT2D eigenvalue weighted by molar-refractivity contribution is -0.124. The minimum absolute atomic E-state index is 0.00410. The van der Waals surface area contributed by atoms with Crippen LogP contribution in [0.3, 0.4) is 0 Å². The van der Waals surface area contributed by atoms with Crippen LogP contribution in [-0.2, 0) is 11.2 Å². The molecule has 2 unspecified atom stereocenters. The highest BCUT2D eigenvalue weighted by atomic mass is 35.5. The van der Waals surface area contributed by atoms with Crippen LogP contribution >= 0.6 is 11.6 Å². The Balaban J connectivity index is 2.43. The molecule has 100 valence electrons. The van der Waals surface area contributed by atoms with Gasteiger partial charge in [-0.3, -0.25) is 4.79 Å². The lowest BCUT2D eigenvalue weighted by atomic mass is 10.0. The number of nitrogens with one attached hydrogen (secondary N) is 1. The fourth-order valence-electron chi connectivity index (χ4n) is 1.66. The first-order valence-corrected chi connectivity index (χ1v) is 6.57. The number of amides is 1. The van der Waals surface area contributed by atoms with Gasteiger partial charge in [-0.2, -0.15) is 0 Å². The maximum absolute atomic E-state index is 11.8. The molecule has 1 amide bonds. The van der Waals surface area contributed by atoms with Crippen molar-refractivity contribution in [2.45, 2.75) is 32.8 Å². The highest BCUT2D eigenvalue weighted by Gasteiger charge is 2.14. The fourth-order valence-corrected chi connectivity index (χ4v) is 1.88. The summed E-state index contributed by atoms with van der Waals surface area (Å²) in [6.07, 6.45) is 0.814. The largest absolute Gasteiger partial charge is 0.393 e. The molecule has 0 aliphatic carbocycles. The molecule has 0 aliphatic heterocycles. The van der Waals surface area contributed by atoms with Crippen LogP contribution in [0, 0.1) is 5.92 Å². The molecule has 1 aromatic rings. The van der Waals surface area contributed by atoms with Crippen LogP contribution in [0.25, 0.3) is 0 Å². The highest BCUT2D eigenvalue weighted by molar-refractivity contribution is 6.31. The summed E-state index contributed by atoms with van der Waals surface area (Å²) < 4.78 is 0. The monoisotopic (exact) mass is 269 g/mol. The van der Waals surface area contributed by atoms with Gasteiger partial charge in [0.05, 0.1) is 6.10 Å². The van der Waals surface area contributed by atoms with Crippen molar-refractivity contribution in [3.8, 4) is 0 Å². The van der Waals surface area contributed by atoms with E-state index in [9.17, 15) is 4.79 Å². The summed E-state index contributed by atoms with van der Waals surface area (Å²) in [4.78, 5) is 11.8. The molecule has 4 heteroatoms. The van der Waals surface area contributed by atoms with Gasteiger partial charge in [-0.15, -0.1) is 0 Å². The second kappa shape index (κ2) is 7.39. The molecule has 0 bridgehead atoms. The van der Waals surface area contributed by atoms with E-state index < -0.39 is 0 Å². The van der Waals surface area contributed by atoms with Crippen molar-refractivity contribution in [3.05, 3.63) is 34.9 Å². The number of carbonyl (C=O) groups is 1. The van der Waals surface area contributed by atoms with E-state index in [1.54, 1.807) is 6.92 Å². The van der Waals surface area contributed by atoms with Gasteiger partial charge < -0.3 is 10.4 Å². The number of hydrogen-bond acceptors (Lipinski definition) is 2. The summed E-state index contributed by atoms with van der Waals surface area (Å²) >= 11 is 6.05. The maximum Gasteiger partial charge on any atom is 0.223 e. The van der Waals surface area contributed by atoms with Gasteiger partial charge in [0.15, 0.2) is 0 Å². The van der Waals surface area contributed by atoms with Crippen molar-refractivity contribution in [3.63, 3.8) is 0 Å². The van der Waals surface area contributed by atoms with Crippen molar-refractivity contribution in [2.24, 2.45) is 5.92 Å². The normalized spacial score (nSPS) is 14.0. The van der Waals surface area contributed by atoms with Crippen molar-refractivity contribution < 1.29 is 9.90 Å². The van der Waals surface area contributed by atoms with E-state index in [-0.39, 0.29) is 17.9 Å². The first-order valence-electron chi connectivity index (χ1n) is 6.20. The van der Waals surface area contributed by atoms with Crippen molar-refractivity contribution >= 4 is 17.5 Å². The van der Waals surface area contributed by atoms with E-state index in [0.717, 1.165) is 5.56 Å². The number of halogens is 1. The molecule has 1 aromatic carbocycles. The maximum atomic E-state index is 11.8. The van der Waals surface area contributed by atoms with Gasteiger partial charge >= 0.3 is 0 Å². The van der Waals surface area contributed by atoms with Gasteiger partial charge in [0.1, 0.15) is 0 Å². The standard InChI is InChI=1S/C14H20ClNO2/c1-10(14(18)16-8-7-11(2)17)9-12-5-3-4-6-13(12)15/h3-6,10-11,17H,7-9H2,1-2H3,(H,16,18). The number of rotatable bonds is 6. The quantitative estimate of drug-likeness (QED) is 0.833. The molecular formula is C14H20ClNO2. The summed E-state index contributed by atoms with van der Waals surface area (Å²) in [5.41, 5.74) is 0.984. The molecule has 0 fully saturated rings. The number of aliphatic hydroxyl groups is 1. The number of benzene rings is 1. The Bertz CT molecular complexity index is 393. The molecule has 18 heavy (non-hydrogen) atoms. The highest BCUT2D eigenvalue weighted by Crippen LogP contribution is 2.18. The van der Waals surface area contributed by atoms with Crippen LogP contribution in [0.5, 0.6) is 0 Å². The van der Waals surface area contributed by atoms with E-state index in [0.29, 0.717) is 24.4 Å². The van der Waals surface area contributed by atoms with E-state index in [2.05, 4.69) is 5.32 Å². The molecule has 3 nitrogen and oxygen atoms in total. The van der Waals surface area contributed by atoms with Crippen LogP contribution in [0.2, 0.25) is 5.02 Å². The lowest BCUT2D eigenvalue weighted by Crippen LogP contribution is -2.32. The summed E-state index contributed by atoms with van der Waals surface area (Å²) in [5.74, 6) is -0.130. The third-order valence-electron chi connectivity index (χ3n) is 2.79. The second-order valence-electron chi connectivity index (χ2n) is 4.63. The molecule has 1 rings (SSSR count). The first-order chi connectivity index (χ1) is 8.50. The van der Waals surface area contributed by atoms with Gasteiger partial charge in [-0.1, -0.05) is 36.7 Å². The zero-order chi connectivity index (χ0) is 13.5. The number of carbonyl (C=O) groups excluding carboxylic acids is 1. The number of aliphatic hydroxyl groups excluding tert-OH is 1. The van der Waals surface area contributed by atoms with E-state index in [1.165, 1.54) is 0 Å².